The zero-order valence-electron chi connectivity index (χ0n) is 13.3. The van der Waals surface area contributed by atoms with Crippen LogP contribution in [-0.2, 0) is 0 Å². The minimum atomic E-state index is -0.151. The van der Waals surface area contributed by atoms with E-state index in [0.29, 0.717) is 32.2 Å². The fourth-order valence-corrected chi connectivity index (χ4v) is 3.97. The number of fused-ring (bicyclic) bond motifs is 3. The summed E-state index contributed by atoms with van der Waals surface area (Å²) in [5.41, 5.74) is 1.85. The number of pyridine rings is 1. The van der Waals surface area contributed by atoms with Crippen LogP contribution in [-0.4, -0.2) is 28.6 Å². The Hall–Kier alpha value is -2.45. The third kappa shape index (κ3) is 2.58. The number of hydrogen-bond acceptors (Lipinski definition) is 6. The normalized spacial score (nSPS) is 12.2. The van der Waals surface area contributed by atoms with E-state index in [2.05, 4.69) is 25.9 Å². The zero-order chi connectivity index (χ0) is 17.6. The van der Waals surface area contributed by atoms with Gasteiger partial charge in [0.05, 0.1) is 18.8 Å². The largest absolute Gasteiger partial charge is 0.493 e. The van der Waals surface area contributed by atoms with Crippen molar-refractivity contribution in [2.24, 2.45) is 0 Å². The Balaban J connectivity index is 1.98. The molecule has 4 rings (SSSR count). The quantitative estimate of drug-likeness (QED) is 0.512. The number of aromatic nitrogens is 3. The highest BCUT2D eigenvalue weighted by Crippen LogP contribution is 2.31. The van der Waals surface area contributed by atoms with Crippen LogP contribution in [0.3, 0.4) is 0 Å². The van der Waals surface area contributed by atoms with Gasteiger partial charge >= 0.3 is 0 Å². The SMILES string of the molecule is COc1cccc(/C=c2/sc3nc4cc(Br)cnc4n3c2=O)c1OC. The summed E-state index contributed by atoms with van der Waals surface area (Å²) in [7, 11) is 3.15. The van der Waals surface area contributed by atoms with Crippen LogP contribution in [0.4, 0.5) is 0 Å². The lowest BCUT2D eigenvalue weighted by Gasteiger charge is -2.09. The summed E-state index contributed by atoms with van der Waals surface area (Å²) in [6, 6.07) is 7.38. The molecule has 126 valence electrons. The molecule has 3 heterocycles. The van der Waals surface area contributed by atoms with E-state index in [1.54, 1.807) is 26.5 Å². The molecule has 0 radical (unpaired) electrons. The molecule has 0 aliphatic carbocycles. The second kappa shape index (κ2) is 6.12. The van der Waals surface area contributed by atoms with E-state index in [1.165, 1.54) is 15.7 Å². The zero-order valence-corrected chi connectivity index (χ0v) is 15.7. The molecule has 0 fully saturated rings. The lowest BCUT2D eigenvalue weighted by atomic mass is 10.2. The molecule has 0 unspecified atom stereocenters. The Morgan fingerprint density at radius 2 is 2.12 bits per heavy atom. The second-order valence-electron chi connectivity index (χ2n) is 5.22. The summed E-state index contributed by atoms with van der Waals surface area (Å²) in [4.78, 5) is 22.2. The monoisotopic (exact) mass is 417 g/mol. The molecular weight excluding hydrogens is 406 g/mol. The first-order valence-electron chi connectivity index (χ1n) is 7.31. The van der Waals surface area contributed by atoms with Crippen LogP contribution in [0.1, 0.15) is 5.56 Å². The van der Waals surface area contributed by atoms with Crippen LogP contribution >= 0.6 is 27.3 Å². The number of thiazole rings is 1. The van der Waals surface area contributed by atoms with Crippen molar-refractivity contribution in [1.29, 1.82) is 0 Å². The van der Waals surface area contributed by atoms with Crippen LogP contribution in [0.2, 0.25) is 0 Å². The Morgan fingerprint density at radius 3 is 2.88 bits per heavy atom. The Labute approximate surface area is 154 Å². The maximum absolute atomic E-state index is 12.8. The number of methoxy groups -OCH3 is 2. The first-order valence-corrected chi connectivity index (χ1v) is 8.92. The van der Waals surface area contributed by atoms with Crippen LogP contribution in [0, 0.1) is 0 Å². The molecule has 3 aromatic heterocycles. The van der Waals surface area contributed by atoms with E-state index in [4.69, 9.17) is 9.47 Å². The van der Waals surface area contributed by atoms with Gasteiger partial charge < -0.3 is 9.47 Å². The fraction of sp³-hybridized carbons (Fsp3) is 0.118. The average molecular weight is 418 g/mol. The van der Waals surface area contributed by atoms with Crippen molar-refractivity contribution in [2.75, 3.05) is 14.2 Å². The first kappa shape index (κ1) is 16.0. The number of rotatable bonds is 3. The number of ether oxygens (including phenoxy) is 2. The molecule has 0 spiro atoms. The minimum absolute atomic E-state index is 0.151. The number of halogens is 1. The molecule has 0 bridgehead atoms. The van der Waals surface area contributed by atoms with Crippen molar-refractivity contribution in [3.05, 3.63) is 55.4 Å². The summed E-state index contributed by atoms with van der Waals surface area (Å²) < 4.78 is 13.6. The van der Waals surface area contributed by atoms with E-state index in [1.807, 2.05) is 24.3 Å². The van der Waals surface area contributed by atoms with Gasteiger partial charge in [-0.3, -0.25) is 4.79 Å². The summed E-state index contributed by atoms with van der Waals surface area (Å²) in [6.07, 6.45) is 3.44. The molecule has 0 saturated carbocycles. The van der Waals surface area contributed by atoms with Gasteiger partial charge in [-0.2, -0.15) is 0 Å². The minimum Gasteiger partial charge on any atom is -0.493 e. The van der Waals surface area contributed by atoms with Gasteiger partial charge in [0.2, 0.25) is 0 Å². The van der Waals surface area contributed by atoms with Crippen molar-refractivity contribution in [3.63, 3.8) is 0 Å². The van der Waals surface area contributed by atoms with Gasteiger partial charge in [0.25, 0.3) is 5.56 Å². The summed E-state index contributed by atoms with van der Waals surface area (Å²) in [6.45, 7) is 0. The van der Waals surface area contributed by atoms with Crippen molar-refractivity contribution >= 4 is 49.5 Å². The highest BCUT2D eigenvalue weighted by atomic mass is 79.9. The van der Waals surface area contributed by atoms with Crippen molar-refractivity contribution in [2.45, 2.75) is 0 Å². The van der Waals surface area contributed by atoms with Gasteiger partial charge in [-0.05, 0) is 34.1 Å². The second-order valence-corrected chi connectivity index (χ2v) is 7.15. The molecule has 0 saturated heterocycles. The lowest BCUT2D eigenvalue weighted by molar-refractivity contribution is 0.354. The predicted octanol–water partition coefficient (Wildman–Crippen LogP) is 2.63. The molecule has 8 heteroatoms. The summed E-state index contributed by atoms with van der Waals surface area (Å²) in [5.74, 6) is 1.20. The van der Waals surface area contributed by atoms with Gasteiger partial charge in [0, 0.05) is 16.2 Å². The molecule has 0 aliphatic heterocycles. The number of benzene rings is 1. The molecule has 0 amide bonds. The molecule has 0 atom stereocenters. The van der Waals surface area contributed by atoms with Gasteiger partial charge in [-0.15, -0.1) is 0 Å². The average Bonchev–Trinajstić information content (AvgIpc) is 3.10. The van der Waals surface area contributed by atoms with E-state index in [0.717, 1.165) is 10.0 Å². The smallest absolute Gasteiger partial charge is 0.276 e. The highest BCUT2D eigenvalue weighted by Gasteiger charge is 2.14. The molecule has 0 N–H and O–H groups in total. The van der Waals surface area contributed by atoms with Gasteiger partial charge in [-0.25, -0.2) is 14.4 Å². The Bertz CT molecular complexity index is 1220. The van der Waals surface area contributed by atoms with Crippen LogP contribution < -0.4 is 19.6 Å². The molecule has 1 aromatic carbocycles. The topological polar surface area (TPSA) is 65.7 Å². The van der Waals surface area contributed by atoms with E-state index >= 15 is 0 Å². The third-order valence-electron chi connectivity index (χ3n) is 3.77. The molecule has 0 aliphatic rings. The first-order chi connectivity index (χ1) is 12.1. The maximum atomic E-state index is 12.8. The molecule has 6 nitrogen and oxygen atoms in total. The Morgan fingerprint density at radius 1 is 1.28 bits per heavy atom. The highest BCUT2D eigenvalue weighted by molar-refractivity contribution is 9.10. The number of nitrogens with zero attached hydrogens (tertiary/aromatic N) is 3. The van der Waals surface area contributed by atoms with E-state index < -0.39 is 0 Å². The van der Waals surface area contributed by atoms with Gasteiger partial charge in [0.1, 0.15) is 5.52 Å². The lowest BCUT2D eigenvalue weighted by Crippen LogP contribution is -2.23. The number of imidazole rings is 1. The molecular formula is C17H12BrN3O3S. The van der Waals surface area contributed by atoms with Gasteiger partial charge in [0.15, 0.2) is 22.1 Å². The number of hydrogen-bond donors (Lipinski definition) is 0. The summed E-state index contributed by atoms with van der Waals surface area (Å²) in [5, 5.41) is 0. The fourth-order valence-electron chi connectivity index (χ4n) is 2.68. The van der Waals surface area contributed by atoms with E-state index in [-0.39, 0.29) is 5.56 Å². The van der Waals surface area contributed by atoms with Gasteiger partial charge in [-0.1, -0.05) is 23.5 Å². The third-order valence-corrected chi connectivity index (χ3v) is 5.17. The van der Waals surface area contributed by atoms with Crippen LogP contribution in [0.15, 0.2) is 39.7 Å². The van der Waals surface area contributed by atoms with Crippen LogP contribution in [0.5, 0.6) is 11.5 Å². The predicted molar refractivity (Wildman–Crippen MR) is 101 cm³/mol. The Kier molecular flexibility index (Phi) is 3.93. The van der Waals surface area contributed by atoms with Crippen molar-refractivity contribution in [3.8, 4) is 11.5 Å². The van der Waals surface area contributed by atoms with Crippen LogP contribution in [0.25, 0.3) is 22.2 Å². The van der Waals surface area contributed by atoms with Crippen molar-refractivity contribution < 1.29 is 9.47 Å². The maximum Gasteiger partial charge on any atom is 0.276 e. The number of para-hydroxylation sites is 1. The van der Waals surface area contributed by atoms with E-state index in [9.17, 15) is 4.79 Å². The molecule has 4 aromatic rings. The molecule has 25 heavy (non-hydrogen) atoms. The summed E-state index contributed by atoms with van der Waals surface area (Å²) >= 11 is 4.68. The van der Waals surface area contributed by atoms with Crippen molar-refractivity contribution in [1.82, 2.24) is 14.4 Å². The standard InChI is InChI=1S/C17H12BrN3O3S/c1-23-12-5-3-4-9(14(12)24-2)6-13-16(22)21-15-11(20-17(21)25-13)7-10(18)8-19-15/h3-8H,1-2H3/b13-6+.